The van der Waals surface area contributed by atoms with E-state index in [1.54, 1.807) is 0 Å². The molecule has 0 spiro atoms. The summed E-state index contributed by atoms with van der Waals surface area (Å²) in [6.45, 7) is 4.26. The first kappa shape index (κ1) is 14.3. The number of carbonyl (C=O) groups is 2. The molecule has 15 heavy (non-hydrogen) atoms. The number of carbonyl (C=O) groups excluding carboxylic acids is 2. The van der Waals surface area contributed by atoms with E-state index in [1.807, 2.05) is 0 Å². The summed E-state index contributed by atoms with van der Waals surface area (Å²) in [5, 5.41) is 0. The molecule has 0 unspecified atom stereocenters. The Balaban J connectivity index is 3.37. The van der Waals surface area contributed by atoms with Crippen molar-refractivity contribution in [1.82, 2.24) is 0 Å². The molecular weight excluding hydrogens is 216 g/mol. The van der Waals surface area contributed by atoms with E-state index < -0.39 is 11.9 Å². The standard InChI is InChI=1S/C10H18O4S/c1-8(2)5-3-4-6-9(11)13-14-10(12)7-15/h8,15H,3-7H2,1-2H3. The van der Waals surface area contributed by atoms with Gasteiger partial charge < -0.3 is 0 Å². The van der Waals surface area contributed by atoms with Gasteiger partial charge in [0.05, 0.1) is 12.2 Å². The zero-order chi connectivity index (χ0) is 11.7. The molecule has 0 aromatic heterocycles. The van der Waals surface area contributed by atoms with Crippen LogP contribution in [0.1, 0.15) is 39.5 Å². The Bertz CT molecular complexity index is 204. The molecule has 0 bridgehead atoms. The van der Waals surface area contributed by atoms with Crippen LogP contribution in [0.5, 0.6) is 0 Å². The van der Waals surface area contributed by atoms with Gasteiger partial charge in [-0.05, 0) is 12.3 Å². The maximum Gasteiger partial charge on any atom is 0.365 e. The summed E-state index contributed by atoms with van der Waals surface area (Å²) in [6, 6.07) is 0. The molecule has 0 radical (unpaired) electrons. The maximum absolute atomic E-state index is 11.0. The molecule has 88 valence electrons. The minimum atomic E-state index is -0.658. The summed E-state index contributed by atoms with van der Waals surface area (Å²) in [4.78, 5) is 30.0. The zero-order valence-electron chi connectivity index (χ0n) is 9.19. The van der Waals surface area contributed by atoms with Crippen LogP contribution < -0.4 is 0 Å². The van der Waals surface area contributed by atoms with Crippen LogP contribution in [0.2, 0.25) is 0 Å². The van der Waals surface area contributed by atoms with Gasteiger partial charge in [-0.2, -0.15) is 12.6 Å². The predicted molar refractivity (Wildman–Crippen MR) is 59.3 cm³/mol. The summed E-state index contributed by atoms with van der Waals surface area (Å²) in [6.07, 6.45) is 3.11. The number of hydrogen-bond donors (Lipinski definition) is 1. The number of unbranched alkanes of at least 4 members (excludes halogenated alkanes) is 1. The van der Waals surface area contributed by atoms with Crippen LogP contribution in [0.15, 0.2) is 0 Å². The van der Waals surface area contributed by atoms with Crippen LogP contribution >= 0.6 is 12.6 Å². The quantitative estimate of drug-likeness (QED) is 0.331. The highest BCUT2D eigenvalue weighted by molar-refractivity contribution is 7.81. The van der Waals surface area contributed by atoms with Gasteiger partial charge in [0.2, 0.25) is 0 Å². The third-order valence-electron chi connectivity index (χ3n) is 1.77. The zero-order valence-corrected chi connectivity index (χ0v) is 10.1. The fourth-order valence-electron chi connectivity index (χ4n) is 0.983. The Hall–Kier alpha value is -0.710. The highest BCUT2D eigenvalue weighted by Gasteiger charge is 2.07. The normalized spacial score (nSPS) is 10.1. The van der Waals surface area contributed by atoms with Crippen LogP contribution in [-0.4, -0.2) is 17.7 Å². The maximum atomic E-state index is 11.0. The summed E-state index contributed by atoms with van der Waals surface area (Å²) in [5.41, 5.74) is 0. The van der Waals surface area contributed by atoms with Crippen molar-refractivity contribution >= 4 is 24.6 Å². The predicted octanol–water partition coefficient (Wildman–Crippen LogP) is 2.13. The molecule has 0 aromatic carbocycles. The monoisotopic (exact) mass is 234 g/mol. The van der Waals surface area contributed by atoms with Gasteiger partial charge in [-0.15, -0.1) is 0 Å². The van der Waals surface area contributed by atoms with Crippen molar-refractivity contribution in [1.29, 1.82) is 0 Å². The van der Waals surface area contributed by atoms with Crippen molar-refractivity contribution < 1.29 is 19.4 Å². The Morgan fingerprint density at radius 3 is 2.27 bits per heavy atom. The number of thiol groups is 1. The number of rotatable bonds is 6. The molecule has 0 amide bonds. The lowest BCUT2D eigenvalue weighted by atomic mass is 10.1. The van der Waals surface area contributed by atoms with Crippen molar-refractivity contribution in [2.24, 2.45) is 5.92 Å². The summed E-state index contributed by atoms with van der Waals surface area (Å²) in [7, 11) is 0. The highest BCUT2D eigenvalue weighted by Crippen LogP contribution is 2.08. The van der Waals surface area contributed by atoms with Gasteiger partial charge in [-0.1, -0.05) is 26.7 Å². The second kappa shape index (κ2) is 8.59. The first-order valence-corrected chi connectivity index (χ1v) is 5.70. The molecule has 0 rings (SSSR count). The van der Waals surface area contributed by atoms with Gasteiger partial charge in [-0.25, -0.2) is 19.4 Å². The van der Waals surface area contributed by atoms with Crippen molar-refractivity contribution in [3.8, 4) is 0 Å². The molecule has 0 aliphatic carbocycles. The Labute approximate surface area is 95.7 Å². The van der Waals surface area contributed by atoms with Crippen molar-refractivity contribution in [2.75, 3.05) is 5.75 Å². The van der Waals surface area contributed by atoms with Crippen molar-refractivity contribution in [2.45, 2.75) is 39.5 Å². The second-order valence-electron chi connectivity index (χ2n) is 3.71. The average molecular weight is 234 g/mol. The molecule has 0 saturated carbocycles. The Morgan fingerprint density at radius 1 is 1.13 bits per heavy atom. The second-order valence-corrected chi connectivity index (χ2v) is 4.02. The fraction of sp³-hybridized carbons (Fsp3) is 0.800. The van der Waals surface area contributed by atoms with E-state index in [1.165, 1.54) is 0 Å². The SMILES string of the molecule is CC(C)CCCCC(=O)OOC(=O)CS. The summed E-state index contributed by atoms with van der Waals surface area (Å²) < 4.78 is 0. The molecular formula is C10H18O4S. The molecule has 0 saturated heterocycles. The van der Waals surface area contributed by atoms with E-state index in [-0.39, 0.29) is 12.2 Å². The minimum Gasteiger partial charge on any atom is -0.247 e. The molecule has 5 heteroatoms. The van der Waals surface area contributed by atoms with Crippen LogP contribution in [0.3, 0.4) is 0 Å². The van der Waals surface area contributed by atoms with Crippen LogP contribution in [0.25, 0.3) is 0 Å². The first-order valence-electron chi connectivity index (χ1n) is 5.07. The van der Waals surface area contributed by atoms with Gasteiger partial charge in [0.1, 0.15) is 0 Å². The lowest BCUT2D eigenvalue weighted by Gasteiger charge is -2.03. The van der Waals surface area contributed by atoms with E-state index in [9.17, 15) is 9.59 Å². The lowest BCUT2D eigenvalue weighted by molar-refractivity contribution is -0.256. The molecule has 0 aliphatic rings. The number of hydrogen-bond acceptors (Lipinski definition) is 5. The fourth-order valence-corrected chi connectivity index (χ4v) is 1.04. The van der Waals surface area contributed by atoms with E-state index >= 15 is 0 Å². The summed E-state index contributed by atoms with van der Waals surface area (Å²) in [5.74, 6) is -0.619. The van der Waals surface area contributed by atoms with Crippen molar-refractivity contribution in [3.63, 3.8) is 0 Å². The molecule has 0 fully saturated rings. The molecule has 0 aromatic rings. The topological polar surface area (TPSA) is 52.6 Å². The van der Waals surface area contributed by atoms with E-state index in [0.717, 1.165) is 19.3 Å². The third-order valence-corrected chi connectivity index (χ3v) is 2.03. The molecule has 0 atom stereocenters. The van der Waals surface area contributed by atoms with Gasteiger partial charge in [0.25, 0.3) is 0 Å². The van der Waals surface area contributed by atoms with Gasteiger partial charge in [-0.3, -0.25) is 0 Å². The van der Waals surface area contributed by atoms with Gasteiger partial charge in [0.15, 0.2) is 0 Å². The van der Waals surface area contributed by atoms with Crippen LogP contribution in [0.4, 0.5) is 0 Å². The van der Waals surface area contributed by atoms with Crippen molar-refractivity contribution in [3.05, 3.63) is 0 Å². The van der Waals surface area contributed by atoms with E-state index in [0.29, 0.717) is 5.92 Å². The Morgan fingerprint density at radius 2 is 1.73 bits per heavy atom. The molecule has 4 nitrogen and oxygen atoms in total. The van der Waals surface area contributed by atoms with Crippen LogP contribution in [-0.2, 0) is 19.4 Å². The van der Waals surface area contributed by atoms with Crippen LogP contribution in [0, 0.1) is 5.92 Å². The molecule has 0 aliphatic heterocycles. The molecule has 0 heterocycles. The minimum absolute atomic E-state index is 0.0966. The van der Waals surface area contributed by atoms with E-state index in [4.69, 9.17) is 0 Å². The van der Waals surface area contributed by atoms with E-state index in [2.05, 4.69) is 36.3 Å². The average Bonchev–Trinajstić information content (AvgIpc) is 2.20. The Kier molecular flexibility index (Phi) is 8.18. The largest absolute Gasteiger partial charge is 0.365 e. The third kappa shape index (κ3) is 9.59. The molecule has 0 N–H and O–H groups in total. The highest BCUT2D eigenvalue weighted by atomic mass is 32.1. The summed E-state index contributed by atoms with van der Waals surface area (Å²) >= 11 is 3.66. The lowest BCUT2D eigenvalue weighted by Crippen LogP contribution is -2.11. The smallest absolute Gasteiger partial charge is 0.247 e. The van der Waals surface area contributed by atoms with Gasteiger partial charge >= 0.3 is 11.9 Å². The first-order chi connectivity index (χ1) is 7.06. The van der Waals surface area contributed by atoms with Gasteiger partial charge in [0, 0.05) is 0 Å².